The van der Waals surface area contributed by atoms with Crippen LogP contribution in [0.2, 0.25) is 0 Å². The smallest absolute Gasteiger partial charge is 0.123 e. The van der Waals surface area contributed by atoms with Gasteiger partial charge in [0.2, 0.25) is 0 Å². The summed E-state index contributed by atoms with van der Waals surface area (Å²) in [6, 6.07) is 6.13. The van der Waals surface area contributed by atoms with Gasteiger partial charge in [0.05, 0.1) is 6.10 Å². The van der Waals surface area contributed by atoms with Crippen molar-refractivity contribution in [3.05, 3.63) is 28.2 Å². The predicted octanol–water partition coefficient (Wildman–Crippen LogP) is 5.31. The van der Waals surface area contributed by atoms with E-state index < -0.39 is 0 Å². The van der Waals surface area contributed by atoms with E-state index in [9.17, 15) is 4.79 Å². The van der Waals surface area contributed by atoms with Crippen molar-refractivity contribution in [2.24, 2.45) is 11.8 Å². The van der Waals surface area contributed by atoms with Crippen molar-refractivity contribution >= 4 is 22.2 Å². The van der Waals surface area contributed by atoms with Crippen molar-refractivity contribution < 1.29 is 9.53 Å². The van der Waals surface area contributed by atoms with Gasteiger partial charge >= 0.3 is 0 Å². The van der Waals surface area contributed by atoms with Crippen LogP contribution in [0.3, 0.4) is 0 Å². The van der Waals surface area contributed by atoms with Crippen molar-refractivity contribution in [1.29, 1.82) is 0 Å². The molecule has 1 atom stereocenters. The van der Waals surface area contributed by atoms with Gasteiger partial charge in [0.15, 0.2) is 0 Å². The number of ether oxygens (including phenoxy) is 1. The van der Waals surface area contributed by atoms with Gasteiger partial charge in [-0.15, -0.1) is 0 Å². The van der Waals surface area contributed by atoms with Crippen LogP contribution < -0.4 is 4.74 Å². The van der Waals surface area contributed by atoms with Crippen LogP contribution in [-0.4, -0.2) is 12.4 Å². The van der Waals surface area contributed by atoms with Crippen LogP contribution in [0.25, 0.3) is 0 Å². The second-order valence-corrected chi connectivity index (χ2v) is 7.17. The van der Waals surface area contributed by atoms with Gasteiger partial charge in [0.1, 0.15) is 12.0 Å². The Morgan fingerprint density at radius 1 is 1.33 bits per heavy atom. The zero-order valence-electron chi connectivity index (χ0n) is 13.0. The van der Waals surface area contributed by atoms with Crippen LogP contribution in [0.15, 0.2) is 22.7 Å². The lowest BCUT2D eigenvalue weighted by molar-refractivity contribution is -0.110. The fourth-order valence-electron chi connectivity index (χ4n) is 3.00. The van der Waals surface area contributed by atoms with Crippen molar-refractivity contribution in [3.63, 3.8) is 0 Å². The third kappa shape index (κ3) is 4.84. The molecule has 0 aromatic heterocycles. The molecule has 0 aliphatic heterocycles. The predicted molar refractivity (Wildman–Crippen MR) is 89.7 cm³/mol. The molecule has 3 heteroatoms. The molecule has 0 bridgehead atoms. The third-order valence-corrected chi connectivity index (χ3v) is 5.43. The summed E-state index contributed by atoms with van der Waals surface area (Å²) in [7, 11) is 0. The first-order valence-electron chi connectivity index (χ1n) is 7.97. The number of aldehydes is 1. The lowest BCUT2D eigenvalue weighted by Crippen LogP contribution is -2.24. The summed E-state index contributed by atoms with van der Waals surface area (Å²) in [6.07, 6.45) is 8.35. The minimum absolute atomic E-state index is 0.211. The first kappa shape index (κ1) is 16.5. The molecule has 116 valence electrons. The maximum Gasteiger partial charge on any atom is 0.123 e. The summed E-state index contributed by atoms with van der Waals surface area (Å²) in [5.74, 6) is 1.99. The first-order valence-corrected chi connectivity index (χ1v) is 8.76. The number of carbonyl (C=O) groups is 1. The fraction of sp³-hybridized carbons (Fsp3) is 0.611. The molecule has 1 aromatic rings. The van der Waals surface area contributed by atoms with Crippen LogP contribution in [0.5, 0.6) is 5.75 Å². The van der Waals surface area contributed by atoms with Crippen LogP contribution in [0.1, 0.15) is 51.0 Å². The Balaban J connectivity index is 1.79. The largest absolute Gasteiger partial charge is 0.490 e. The van der Waals surface area contributed by atoms with Gasteiger partial charge in [-0.05, 0) is 63.5 Å². The van der Waals surface area contributed by atoms with Gasteiger partial charge in [0, 0.05) is 16.0 Å². The molecule has 0 N–H and O–H groups in total. The van der Waals surface area contributed by atoms with Crippen LogP contribution in [0.4, 0.5) is 0 Å². The van der Waals surface area contributed by atoms with Crippen molar-refractivity contribution in [2.75, 3.05) is 0 Å². The van der Waals surface area contributed by atoms with E-state index in [4.69, 9.17) is 4.74 Å². The van der Waals surface area contributed by atoms with Gasteiger partial charge in [-0.1, -0.05) is 28.9 Å². The fourth-order valence-corrected chi connectivity index (χ4v) is 3.35. The molecule has 0 heterocycles. The van der Waals surface area contributed by atoms with Gasteiger partial charge < -0.3 is 9.53 Å². The molecule has 21 heavy (non-hydrogen) atoms. The van der Waals surface area contributed by atoms with E-state index >= 15 is 0 Å². The molecular weight excluding hydrogens is 328 g/mol. The topological polar surface area (TPSA) is 26.3 Å². The van der Waals surface area contributed by atoms with Crippen LogP contribution in [-0.2, 0) is 4.79 Å². The maximum atomic E-state index is 10.7. The standard InChI is InChI=1S/C18H25BrO2/c1-13(12-20)6-7-15-8-10-16(11-9-15)21-18-5-3-4-17(19)14(18)2/h3-5,12-13,15-16H,6-11H2,1-2H3/t13-,15-,16-/m1/s1. The van der Waals surface area contributed by atoms with Gasteiger partial charge in [0.25, 0.3) is 0 Å². The molecule has 1 saturated carbocycles. The lowest BCUT2D eigenvalue weighted by Gasteiger charge is -2.29. The summed E-state index contributed by atoms with van der Waals surface area (Å²) in [5.41, 5.74) is 1.18. The Kier molecular flexibility index (Phi) is 6.28. The molecule has 1 fully saturated rings. The van der Waals surface area contributed by atoms with Gasteiger partial charge in [-0.25, -0.2) is 0 Å². The Labute approximate surface area is 136 Å². The van der Waals surface area contributed by atoms with E-state index in [1.807, 2.05) is 19.1 Å². The quantitative estimate of drug-likeness (QED) is 0.648. The van der Waals surface area contributed by atoms with Crippen LogP contribution in [0, 0.1) is 18.8 Å². The molecule has 0 amide bonds. The summed E-state index contributed by atoms with van der Waals surface area (Å²) in [6.45, 7) is 4.10. The molecule has 0 saturated heterocycles. The van der Waals surface area contributed by atoms with Crippen molar-refractivity contribution in [1.82, 2.24) is 0 Å². The van der Waals surface area contributed by atoms with Crippen molar-refractivity contribution in [2.45, 2.75) is 58.5 Å². The zero-order chi connectivity index (χ0) is 15.2. The summed E-state index contributed by atoms with van der Waals surface area (Å²) < 4.78 is 7.28. The molecule has 0 radical (unpaired) electrons. The highest BCUT2D eigenvalue weighted by Gasteiger charge is 2.23. The Bertz CT molecular complexity index is 464. The maximum absolute atomic E-state index is 10.7. The van der Waals surface area contributed by atoms with Gasteiger partial charge in [-0.3, -0.25) is 0 Å². The molecule has 2 nitrogen and oxygen atoms in total. The molecule has 1 aromatic carbocycles. The number of halogens is 1. The summed E-state index contributed by atoms with van der Waals surface area (Å²) in [5, 5.41) is 0. The van der Waals surface area contributed by atoms with E-state index in [1.54, 1.807) is 0 Å². The van der Waals surface area contributed by atoms with E-state index in [2.05, 4.69) is 28.9 Å². The van der Waals surface area contributed by atoms with E-state index in [0.717, 1.165) is 41.7 Å². The van der Waals surface area contributed by atoms with Crippen molar-refractivity contribution in [3.8, 4) is 5.75 Å². The highest BCUT2D eigenvalue weighted by Crippen LogP contribution is 2.33. The second kappa shape index (κ2) is 7.98. The zero-order valence-corrected chi connectivity index (χ0v) is 14.6. The summed E-state index contributed by atoms with van der Waals surface area (Å²) >= 11 is 3.55. The molecule has 2 rings (SSSR count). The monoisotopic (exact) mass is 352 g/mol. The lowest BCUT2D eigenvalue weighted by atomic mass is 9.83. The Morgan fingerprint density at radius 2 is 2.05 bits per heavy atom. The molecule has 1 aliphatic rings. The Morgan fingerprint density at radius 3 is 2.71 bits per heavy atom. The van der Waals surface area contributed by atoms with E-state index in [-0.39, 0.29) is 5.92 Å². The average Bonchev–Trinajstić information content (AvgIpc) is 2.51. The number of rotatable bonds is 6. The molecular formula is C18H25BrO2. The second-order valence-electron chi connectivity index (χ2n) is 6.31. The third-order valence-electron chi connectivity index (χ3n) is 4.57. The molecule has 0 unspecified atom stereocenters. The SMILES string of the molecule is Cc1c(Br)cccc1O[C@H]1CC[C@H](CC[C@@H](C)C=O)CC1. The highest BCUT2D eigenvalue weighted by molar-refractivity contribution is 9.10. The minimum atomic E-state index is 0.211. The number of hydrogen-bond donors (Lipinski definition) is 0. The Hall–Kier alpha value is -0.830. The average molecular weight is 353 g/mol. The van der Waals surface area contributed by atoms with Gasteiger partial charge in [-0.2, -0.15) is 0 Å². The number of carbonyl (C=O) groups excluding carboxylic acids is 1. The number of benzene rings is 1. The normalized spacial score (nSPS) is 23.6. The highest BCUT2D eigenvalue weighted by atomic mass is 79.9. The molecule has 0 spiro atoms. The van der Waals surface area contributed by atoms with E-state index in [1.165, 1.54) is 24.8 Å². The molecule has 1 aliphatic carbocycles. The minimum Gasteiger partial charge on any atom is -0.490 e. The first-order chi connectivity index (χ1) is 10.1. The van der Waals surface area contributed by atoms with Crippen LogP contribution >= 0.6 is 15.9 Å². The number of hydrogen-bond acceptors (Lipinski definition) is 2. The van der Waals surface area contributed by atoms with E-state index in [0.29, 0.717) is 6.10 Å². The summed E-state index contributed by atoms with van der Waals surface area (Å²) in [4.78, 5) is 10.7.